The van der Waals surface area contributed by atoms with E-state index in [4.69, 9.17) is 0 Å². The normalized spacial score (nSPS) is 16.7. The van der Waals surface area contributed by atoms with Gasteiger partial charge >= 0.3 is 26.2 Å². The molecule has 6 bridgehead atoms. The van der Waals surface area contributed by atoms with Gasteiger partial charge in [-0.2, -0.15) is 11.1 Å². The molecule has 2 aliphatic carbocycles. The average molecular weight is 915 g/mol. The third-order valence-electron chi connectivity index (χ3n) is 6.17. The molecule has 4 aromatic carbocycles. The molecule has 36 heavy (non-hydrogen) atoms. The molecule has 2 atom stereocenters. The molecule has 0 nitrogen and oxygen atoms in total. The molecule has 0 fully saturated rings. The zero-order valence-corrected chi connectivity index (χ0v) is 29.6. The van der Waals surface area contributed by atoms with E-state index in [1.54, 1.807) is 0 Å². The molecule has 0 saturated heterocycles. The summed E-state index contributed by atoms with van der Waals surface area (Å²) < 4.78 is 2.37. The molecule has 0 spiro atoms. The van der Waals surface area contributed by atoms with E-state index in [0.717, 1.165) is 0 Å². The van der Waals surface area contributed by atoms with Crippen molar-refractivity contribution < 1.29 is 74.2 Å². The number of rotatable bonds is 1. The van der Waals surface area contributed by atoms with E-state index in [0.29, 0.717) is 0 Å². The summed E-state index contributed by atoms with van der Waals surface area (Å²) in [4.78, 5) is 2.59. The van der Waals surface area contributed by atoms with Gasteiger partial charge in [0.15, 0.2) is 0 Å². The van der Waals surface area contributed by atoms with Gasteiger partial charge in [0, 0.05) is 13.8 Å². The van der Waals surface area contributed by atoms with Crippen LogP contribution in [0.5, 0.6) is 0 Å². The third kappa shape index (κ3) is 6.09. The smallest absolute Gasteiger partial charge is 1.00 e. The zero-order valence-electron chi connectivity index (χ0n) is 18.8. The summed E-state index contributed by atoms with van der Waals surface area (Å²) in [5, 5.41) is 0. The van der Waals surface area contributed by atoms with Gasteiger partial charge in [0.1, 0.15) is 0 Å². The molecule has 2 heterocycles. The predicted octanol–water partition coefficient (Wildman–Crippen LogP) is 3.29. The van der Waals surface area contributed by atoms with Crippen molar-refractivity contribution in [2.75, 3.05) is 0 Å². The maximum absolute atomic E-state index is 3.70. The van der Waals surface area contributed by atoms with E-state index in [9.17, 15) is 0 Å². The van der Waals surface area contributed by atoms with Gasteiger partial charge < -0.3 is 48.0 Å². The van der Waals surface area contributed by atoms with Crippen molar-refractivity contribution in [2.45, 2.75) is 21.6 Å². The molecular formula is C30H18Br2I2SZr. The zero-order chi connectivity index (χ0) is 22.4. The predicted molar refractivity (Wildman–Crippen MR) is 144 cm³/mol. The summed E-state index contributed by atoms with van der Waals surface area (Å²) in [6.45, 7) is 0. The van der Waals surface area contributed by atoms with Crippen molar-refractivity contribution in [3.63, 3.8) is 0 Å². The Morgan fingerprint density at radius 1 is 0.583 bits per heavy atom. The van der Waals surface area contributed by atoms with E-state index in [2.05, 4.69) is 135 Å². The van der Waals surface area contributed by atoms with Gasteiger partial charge in [-0.05, 0) is 23.1 Å². The summed E-state index contributed by atoms with van der Waals surface area (Å²) in [7, 11) is 0. The molecule has 8 rings (SSSR count). The van der Waals surface area contributed by atoms with Crippen LogP contribution in [0.3, 0.4) is 0 Å². The molecule has 176 valence electrons. The van der Waals surface area contributed by atoms with Crippen molar-refractivity contribution in [1.29, 1.82) is 0 Å². The van der Waals surface area contributed by atoms with Crippen LogP contribution in [0.4, 0.5) is 0 Å². The van der Waals surface area contributed by atoms with Gasteiger partial charge in [0.05, 0.1) is 0 Å². The number of hydrogen-bond acceptors (Lipinski definition) is 1. The van der Waals surface area contributed by atoms with E-state index in [-0.39, 0.29) is 86.0 Å². The topological polar surface area (TPSA) is 0 Å². The van der Waals surface area contributed by atoms with Gasteiger partial charge in [0.2, 0.25) is 0 Å². The van der Waals surface area contributed by atoms with E-state index in [1.807, 2.05) is 17.8 Å². The van der Waals surface area contributed by atoms with Crippen LogP contribution in [0.15, 0.2) is 104 Å². The first kappa shape index (κ1) is 30.6. The molecule has 0 saturated carbocycles. The molecule has 0 radical (unpaired) electrons. The third-order valence-corrected chi connectivity index (χ3v) is 8.48. The Balaban J connectivity index is 0.000000185. The Bertz CT molecular complexity index is 1440. The van der Waals surface area contributed by atoms with Crippen molar-refractivity contribution in [3.05, 3.63) is 139 Å². The minimum absolute atomic E-state index is 0. The van der Waals surface area contributed by atoms with E-state index >= 15 is 0 Å². The Kier molecular flexibility index (Phi) is 11.4. The van der Waals surface area contributed by atoms with Gasteiger partial charge in [-0.15, -0.1) is 23.3 Å². The summed E-state index contributed by atoms with van der Waals surface area (Å²) in [5.41, 5.74) is 7.88. The van der Waals surface area contributed by atoms with E-state index < -0.39 is 0 Å². The molecule has 2 unspecified atom stereocenters. The molecular weight excluding hydrogens is 897 g/mol. The van der Waals surface area contributed by atoms with Gasteiger partial charge in [-0.25, -0.2) is 12.2 Å². The van der Waals surface area contributed by atoms with Gasteiger partial charge in [-0.3, -0.25) is 12.2 Å². The van der Waals surface area contributed by atoms with Crippen molar-refractivity contribution in [1.82, 2.24) is 0 Å². The number of hydrogen-bond donors (Lipinski definition) is 0. The van der Waals surface area contributed by atoms with Crippen LogP contribution in [0.1, 0.15) is 45.2 Å². The first-order valence-corrected chi connectivity index (χ1v) is 13.2. The number of allylic oxidation sites excluding steroid dienone is 2. The number of halogens is 4. The Morgan fingerprint density at radius 2 is 1.22 bits per heavy atom. The van der Waals surface area contributed by atoms with Gasteiger partial charge in [-0.1, -0.05) is 121 Å². The maximum Gasteiger partial charge on any atom is 4.00 e. The summed E-state index contributed by atoms with van der Waals surface area (Å²) in [6.07, 6.45) is 11.1. The minimum atomic E-state index is 0. The largest absolute Gasteiger partial charge is 4.00 e. The first-order valence-electron chi connectivity index (χ1n) is 10.8. The second-order valence-corrected chi connectivity index (χ2v) is 11.1. The quantitative estimate of drug-likeness (QED) is 0.209. The SMILES string of the molecule is Brc1cc2cc3c1C([C-]=C3)c1cccc(c1)S2.Brc1cccc2c1C(c1ccccc1)[C-]=C2.[I-].[I-].[Zr+4]. The van der Waals surface area contributed by atoms with Crippen LogP contribution >= 0.6 is 43.6 Å². The summed E-state index contributed by atoms with van der Waals surface area (Å²) >= 11 is 9.15. The fourth-order valence-electron chi connectivity index (χ4n) is 4.66. The Hall–Kier alpha value is 0.0131. The Morgan fingerprint density at radius 3 is 2.00 bits per heavy atom. The molecule has 4 aliphatic rings. The van der Waals surface area contributed by atoms with Crippen LogP contribution in [-0.4, -0.2) is 0 Å². The second kappa shape index (κ2) is 13.4. The van der Waals surface area contributed by atoms with Crippen molar-refractivity contribution >= 4 is 55.8 Å². The maximum atomic E-state index is 3.70. The number of fused-ring (bicyclic) bond motifs is 2. The fourth-order valence-corrected chi connectivity index (χ4v) is 7.10. The summed E-state index contributed by atoms with van der Waals surface area (Å²) in [5.74, 6) is 0.554. The number of benzene rings is 4. The Labute approximate surface area is 287 Å². The minimum Gasteiger partial charge on any atom is -1.00 e. The summed E-state index contributed by atoms with van der Waals surface area (Å²) in [6, 6.07) is 30.0. The molecule has 4 aromatic rings. The first-order chi connectivity index (χ1) is 16.2. The fraction of sp³-hybridized carbons (Fsp3) is 0.0667. The molecule has 6 heteroatoms. The molecule has 0 amide bonds. The second-order valence-electron chi connectivity index (χ2n) is 8.22. The van der Waals surface area contributed by atoms with E-state index in [1.165, 1.54) is 52.1 Å². The van der Waals surface area contributed by atoms with Crippen LogP contribution in [-0.2, 0) is 26.2 Å². The monoisotopic (exact) mass is 912 g/mol. The molecule has 2 aliphatic heterocycles. The van der Waals surface area contributed by atoms with Crippen LogP contribution in [0, 0.1) is 12.2 Å². The van der Waals surface area contributed by atoms with Crippen LogP contribution in [0.25, 0.3) is 12.2 Å². The van der Waals surface area contributed by atoms with Crippen LogP contribution in [0.2, 0.25) is 0 Å². The van der Waals surface area contributed by atoms with Crippen molar-refractivity contribution in [3.8, 4) is 0 Å². The van der Waals surface area contributed by atoms with Crippen molar-refractivity contribution in [2.24, 2.45) is 0 Å². The molecule has 0 aromatic heterocycles. The molecule has 0 N–H and O–H groups in total. The standard InChI is InChI=1S/C15H8BrS.C15H10Br.2HI.Zr/c16-14-8-12-7-10-4-5-13(15(10)14)9-2-1-3-11(6-9)17-12;16-14-8-4-7-12-9-10-13(15(12)14)11-5-2-1-3-6-11;;;/h1-4,6-8,13H;1-9,13H;2*1H;/q2*-1;;;+4/p-2. The average Bonchev–Trinajstić information content (AvgIpc) is 3.47. The van der Waals surface area contributed by atoms with Crippen LogP contribution < -0.4 is 48.0 Å². The van der Waals surface area contributed by atoms with Gasteiger partial charge in [0.25, 0.3) is 0 Å².